The van der Waals surface area contributed by atoms with Crippen molar-refractivity contribution < 1.29 is 22.7 Å². The van der Waals surface area contributed by atoms with E-state index in [9.17, 15) is 17.6 Å². The topological polar surface area (TPSA) is 71.4 Å². The van der Waals surface area contributed by atoms with Crippen molar-refractivity contribution in [2.75, 3.05) is 6.26 Å². The minimum absolute atomic E-state index is 0.116. The van der Waals surface area contributed by atoms with E-state index in [2.05, 4.69) is 0 Å². The van der Waals surface area contributed by atoms with Crippen LogP contribution in [0.15, 0.2) is 23.1 Å². The first-order valence-electron chi connectivity index (χ1n) is 4.51. The minimum Gasteiger partial charge on any atom is -0.481 e. The molecule has 1 aromatic carbocycles. The molecule has 0 unspecified atom stereocenters. The zero-order chi connectivity index (χ0) is 12.3. The summed E-state index contributed by atoms with van der Waals surface area (Å²) in [5.41, 5.74) is 0.490. The Morgan fingerprint density at radius 3 is 2.56 bits per heavy atom. The zero-order valence-electron chi connectivity index (χ0n) is 8.60. The molecule has 0 aliphatic carbocycles. The summed E-state index contributed by atoms with van der Waals surface area (Å²) < 4.78 is 35.5. The van der Waals surface area contributed by atoms with E-state index in [4.69, 9.17) is 5.11 Å². The van der Waals surface area contributed by atoms with Crippen LogP contribution < -0.4 is 0 Å². The number of aryl methyl sites for hydroxylation is 1. The zero-order valence-corrected chi connectivity index (χ0v) is 9.42. The van der Waals surface area contributed by atoms with Crippen LogP contribution >= 0.6 is 0 Å². The Morgan fingerprint density at radius 2 is 2.06 bits per heavy atom. The number of carboxylic acid groups (broad SMARTS) is 1. The summed E-state index contributed by atoms with van der Waals surface area (Å²) in [5, 5.41) is 8.47. The van der Waals surface area contributed by atoms with Gasteiger partial charge < -0.3 is 5.11 Å². The van der Waals surface area contributed by atoms with Gasteiger partial charge in [-0.3, -0.25) is 4.79 Å². The predicted octanol–water partition coefficient (Wildman–Crippen LogP) is 1.25. The van der Waals surface area contributed by atoms with Crippen molar-refractivity contribution in [3.05, 3.63) is 29.6 Å². The van der Waals surface area contributed by atoms with Gasteiger partial charge in [0.05, 0.1) is 0 Å². The van der Waals surface area contributed by atoms with Gasteiger partial charge in [0.2, 0.25) is 0 Å². The van der Waals surface area contributed by atoms with Gasteiger partial charge in [-0.1, -0.05) is 6.07 Å². The van der Waals surface area contributed by atoms with E-state index in [1.807, 2.05) is 0 Å². The van der Waals surface area contributed by atoms with Crippen LogP contribution in [0.3, 0.4) is 0 Å². The van der Waals surface area contributed by atoms with Gasteiger partial charge in [0.25, 0.3) is 0 Å². The van der Waals surface area contributed by atoms with Crippen molar-refractivity contribution in [2.45, 2.75) is 17.7 Å². The average molecular weight is 246 g/mol. The number of hydrogen-bond acceptors (Lipinski definition) is 3. The number of halogens is 1. The van der Waals surface area contributed by atoms with Crippen LogP contribution in [0.4, 0.5) is 4.39 Å². The van der Waals surface area contributed by atoms with Crippen molar-refractivity contribution in [3.8, 4) is 0 Å². The smallest absolute Gasteiger partial charge is 0.303 e. The number of rotatable bonds is 4. The lowest BCUT2D eigenvalue weighted by Crippen LogP contribution is -2.03. The number of carbonyl (C=O) groups is 1. The summed E-state index contributed by atoms with van der Waals surface area (Å²) in [6.07, 6.45) is 0.972. The number of carboxylic acids is 1. The molecule has 0 heterocycles. The predicted molar refractivity (Wildman–Crippen MR) is 55.5 cm³/mol. The van der Waals surface area contributed by atoms with Gasteiger partial charge in [-0.15, -0.1) is 0 Å². The van der Waals surface area contributed by atoms with E-state index in [1.165, 1.54) is 12.1 Å². The van der Waals surface area contributed by atoms with E-state index in [0.717, 1.165) is 12.3 Å². The quantitative estimate of drug-likeness (QED) is 0.867. The van der Waals surface area contributed by atoms with E-state index >= 15 is 0 Å². The highest BCUT2D eigenvalue weighted by molar-refractivity contribution is 7.90. The van der Waals surface area contributed by atoms with Crippen LogP contribution in [0.25, 0.3) is 0 Å². The van der Waals surface area contributed by atoms with Crippen molar-refractivity contribution in [3.63, 3.8) is 0 Å². The van der Waals surface area contributed by atoms with Gasteiger partial charge in [-0.25, -0.2) is 12.8 Å². The SMILES string of the molecule is CS(=O)(=O)c1cc(CCC(=O)O)ccc1F. The van der Waals surface area contributed by atoms with Gasteiger partial charge in [0.1, 0.15) is 10.7 Å². The molecule has 0 amide bonds. The standard InChI is InChI=1S/C10H11FO4S/c1-16(14,15)9-6-7(2-4-8(9)11)3-5-10(12)13/h2,4,6H,3,5H2,1H3,(H,12,13). The van der Waals surface area contributed by atoms with E-state index in [1.54, 1.807) is 0 Å². The monoisotopic (exact) mass is 246 g/mol. The van der Waals surface area contributed by atoms with Crippen molar-refractivity contribution in [1.82, 2.24) is 0 Å². The summed E-state index contributed by atoms with van der Waals surface area (Å²) >= 11 is 0. The Kier molecular flexibility index (Phi) is 3.64. The molecule has 0 radical (unpaired) electrons. The molecule has 1 aromatic rings. The van der Waals surface area contributed by atoms with Gasteiger partial charge in [-0.2, -0.15) is 0 Å². The fourth-order valence-corrected chi connectivity index (χ4v) is 2.03. The summed E-state index contributed by atoms with van der Waals surface area (Å²) in [6, 6.07) is 3.59. The molecule has 1 rings (SSSR count). The van der Waals surface area contributed by atoms with Gasteiger partial charge in [0.15, 0.2) is 9.84 Å². The lowest BCUT2D eigenvalue weighted by atomic mass is 10.1. The number of benzene rings is 1. The lowest BCUT2D eigenvalue weighted by molar-refractivity contribution is -0.136. The maximum absolute atomic E-state index is 13.2. The van der Waals surface area contributed by atoms with E-state index in [-0.39, 0.29) is 12.8 Å². The van der Waals surface area contributed by atoms with Crippen molar-refractivity contribution >= 4 is 15.8 Å². The van der Waals surface area contributed by atoms with Crippen LogP contribution in [0.5, 0.6) is 0 Å². The van der Waals surface area contributed by atoms with E-state index in [0.29, 0.717) is 5.56 Å². The largest absolute Gasteiger partial charge is 0.481 e. The molecule has 6 heteroatoms. The van der Waals surface area contributed by atoms with Crippen molar-refractivity contribution in [1.29, 1.82) is 0 Å². The second-order valence-corrected chi connectivity index (χ2v) is 5.41. The Hall–Kier alpha value is -1.43. The Balaban J connectivity index is 3.04. The number of hydrogen-bond donors (Lipinski definition) is 1. The highest BCUT2D eigenvalue weighted by Crippen LogP contribution is 2.17. The summed E-state index contributed by atoms with van der Waals surface area (Å²) in [4.78, 5) is 9.94. The van der Waals surface area contributed by atoms with Gasteiger partial charge in [-0.05, 0) is 24.1 Å². The summed E-state index contributed by atoms with van der Waals surface area (Å²) in [5.74, 6) is -1.80. The first-order chi connectivity index (χ1) is 7.30. The van der Waals surface area contributed by atoms with Gasteiger partial charge in [0, 0.05) is 12.7 Å². The van der Waals surface area contributed by atoms with Crippen LogP contribution in [0, 0.1) is 5.82 Å². The van der Waals surface area contributed by atoms with Crippen LogP contribution in [0.1, 0.15) is 12.0 Å². The Bertz CT molecular complexity index is 508. The van der Waals surface area contributed by atoms with Crippen LogP contribution in [0.2, 0.25) is 0 Å². The summed E-state index contributed by atoms with van der Waals surface area (Å²) in [6.45, 7) is 0. The molecule has 0 saturated heterocycles. The Morgan fingerprint density at radius 1 is 1.44 bits per heavy atom. The first-order valence-corrected chi connectivity index (χ1v) is 6.40. The molecule has 0 aliphatic heterocycles. The maximum Gasteiger partial charge on any atom is 0.303 e. The number of aliphatic carboxylic acids is 1. The molecular weight excluding hydrogens is 235 g/mol. The third kappa shape index (κ3) is 3.30. The lowest BCUT2D eigenvalue weighted by Gasteiger charge is -2.04. The molecule has 0 aromatic heterocycles. The highest BCUT2D eigenvalue weighted by atomic mass is 32.2. The fraction of sp³-hybridized carbons (Fsp3) is 0.300. The van der Waals surface area contributed by atoms with Crippen LogP contribution in [-0.2, 0) is 21.1 Å². The summed E-state index contributed by atoms with van der Waals surface area (Å²) in [7, 11) is -3.62. The molecule has 0 saturated carbocycles. The normalized spacial score (nSPS) is 11.4. The molecule has 0 fully saturated rings. The Labute approximate surface area is 92.6 Å². The first kappa shape index (κ1) is 12.6. The maximum atomic E-state index is 13.2. The van der Waals surface area contributed by atoms with Crippen molar-refractivity contribution in [2.24, 2.45) is 0 Å². The second-order valence-electron chi connectivity index (χ2n) is 3.43. The molecule has 0 atom stereocenters. The molecule has 1 N–H and O–H groups in total. The molecule has 4 nitrogen and oxygen atoms in total. The second kappa shape index (κ2) is 4.61. The number of sulfone groups is 1. The molecule has 88 valence electrons. The molecule has 0 spiro atoms. The average Bonchev–Trinajstić information content (AvgIpc) is 2.14. The molecule has 0 aliphatic rings. The third-order valence-electron chi connectivity index (χ3n) is 2.02. The van der Waals surface area contributed by atoms with Crippen LogP contribution in [-0.4, -0.2) is 25.7 Å². The minimum atomic E-state index is -3.62. The highest BCUT2D eigenvalue weighted by Gasteiger charge is 2.14. The molecule has 0 bridgehead atoms. The molecular formula is C10H11FO4S. The molecule has 16 heavy (non-hydrogen) atoms. The third-order valence-corrected chi connectivity index (χ3v) is 3.13. The van der Waals surface area contributed by atoms with Gasteiger partial charge >= 0.3 is 5.97 Å². The fourth-order valence-electron chi connectivity index (χ4n) is 1.24. The van der Waals surface area contributed by atoms with E-state index < -0.39 is 26.5 Å².